The van der Waals surface area contributed by atoms with Gasteiger partial charge in [-0.15, -0.1) is 11.8 Å². The highest BCUT2D eigenvalue weighted by Gasteiger charge is 2.45. The zero-order valence-corrected chi connectivity index (χ0v) is 8.02. The molecule has 1 heterocycles. The van der Waals surface area contributed by atoms with Crippen LogP contribution in [-0.2, 0) is 4.74 Å². The Labute approximate surface area is 80.3 Å². The van der Waals surface area contributed by atoms with Crippen LogP contribution >= 0.6 is 11.8 Å². The Morgan fingerprint density at radius 2 is 2.00 bits per heavy atom. The van der Waals surface area contributed by atoms with Gasteiger partial charge >= 0.3 is 0 Å². The molecule has 0 spiro atoms. The molecule has 5 atom stereocenters. The molecule has 13 heavy (non-hydrogen) atoms. The number of hydrogen-bond acceptors (Lipinski definition) is 6. The Bertz CT molecular complexity index is 167. The van der Waals surface area contributed by atoms with Gasteiger partial charge in [-0.1, -0.05) is 0 Å². The van der Waals surface area contributed by atoms with Crippen molar-refractivity contribution in [2.45, 2.75) is 29.9 Å². The van der Waals surface area contributed by atoms with Crippen LogP contribution < -0.4 is 0 Å². The summed E-state index contributed by atoms with van der Waals surface area (Å²) in [5.74, 6) is 0. The van der Waals surface area contributed by atoms with Gasteiger partial charge in [0.05, 0.1) is 6.61 Å². The summed E-state index contributed by atoms with van der Waals surface area (Å²) >= 11 is 1.25. The highest BCUT2D eigenvalue weighted by molar-refractivity contribution is 7.99. The predicted molar refractivity (Wildman–Crippen MR) is 47.3 cm³/mol. The molecule has 1 unspecified atom stereocenters. The molecule has 0 aromatic rings. The average Bonchev–Trinajstić information content (AvgIpc) is 2.43. The Morgan fingerprint density at radius 1 is 1.38 bits per heavy atom. The van der Waals surface area contributed by atoms with Gasteiger partial charge in [-0.05, 0) is 6.26 Å². The van der Waals surface area contributed by atoms with Gasteiger partial charge in [-0.3, -0.25) is 0 Å². The molecule has 1 fully saturated rings. The van der Waals surface area contributed by atoms with Crippen molar-refractivity contribution in [3.05, 3.63) is 0 Å². The molecule has 1 aliphatic heterocycles. The first-order valence-electron chi connectivity index (χ1n) is 3.95. The molecule has 0 amide bonds. The van der Waals surface area contributed by atoms with Crippen molar-refractivity contribution in [2.75, 3.05) is 12.9 Å². The van der Waals surface area contributed by atoms with E-state index in [1.807, 2.05) is 0 Å². The molecule has 5 nitrogen and oxygen atoms in total. The summed E-state index contributed by atoms with van der Waals surface area (Å²) in [6, 6.07) is 0. The van der Waals surface area contributed by atoms with E-state index >= 15 is 0 Å². The fourth-order valence-corrected chi connectivity index (χ4v) is 1.97. The summed E-state index contributed by atoms with van der Waals surface area (Å²) in [5, 5.41) is 36.6. The first-order valence-corrected chi connectivity index (χ1v) is 5.24. The van der Waals surface area contributed by atoms with E-state index in [4.69, 9.17) is 9.84 Å². The van der Waals surface area contributed by atoms with Gasteiger partial charge in [-0.2, -0.15) is 0 Å². The lowest BCUT2D eigenvalue weighted by Gasteiger charge is -2.18. The van der Waals surface area contributed by atoms with Gasteiger partial charge < -0.3 is 25.2 Å². The lowest BCUT2D eigenvalue weighted by Crippen LogP contribution is -2.40. The minimum atomic E-state index is -1.15. The van der Waals surface area contributed by atoms with Crippen LogP contribution in [0, 0.1) is 0 Å². The lowest BCUT2D eigenvalue weighted by molar-refractivity contribution is -0.0713. The molecule has 0 aromatic heterocycles. The Hall–Kier alpha value is 0.150. The lowest BCUT2D eigenvalue weighted by atomic mass is 10.1. The fourth-order valence-electron chi connectivity index (χ4n) is 1.29. The van der Waals surface area contributed by atoms with E-state index < -0.39 is 36.5 Å². The number of aliphatic hydroxyl groups is 4. The molecule has 1 rings (SSSR count). The van der Waals surface area contributed by atoms with E-state index in [0.717, 1.165) is 0 Å². The van der Waals surface area contributed by atoms with Gasteiger partial charge in [0.2, 0.25) is 0 Å². The van der Waals surface area contributed by atoms with Crippen LogP contribution in [0.5, 0.6) is 0 Å². The summed E-state index contributed by atoms with van der Waals surface area (Å²) in [6.45, 7) is -0.491. The second kappa shape index (κ2) is 4.59. The number of rotatable bonds is 3. The molecule has 0 bridgehead atoms. The molecule has 6 heteroatoms. The van der Waals surface area contributed by atoms with Crippen molar-refractivity contribution >= 4 is 11.8 Å². The first-order chi connectivity index (χ1) is 6.11. The SMILES string of the molecule is CS[C@@H]1O[C@H](C(O)CO)[C@H](O)[C@H]1O. The van der Waals surface area contributed by atoms with Gasteiger partial charge in [0.1, 0.15) is 29.9 Å². The topological polar surface area (TPSA) is 90.2 Å². The van der Waals surface area contributed by atoms with E-state index in [1.165, 1.54) is 11.8 Å². The molecule has 1 saturated heterocycles. The minimum absolute atomic E-state index is 0.491. The summed E-state index contributed by atoms with van der Waals surface area (Å²) in [4.78, 5) is 0. The largest absolute Gasteiger partial charge is 0.394 e. The molecule has 4 N–H and O–H groups in total. The zero-order chi connectivity index (χ0) is 10.0. The molecule has 0 radical (unpaired) electrons. The molecule has 78 valence electrons. The number of aliphatic hydroxyl groups excluding tert-OH is 4. The van der Waals surface area contributed by atoms with Crippen molar-refractivity contribution in [1.82, 2.24) is 0 Å². The standard InChI is InChI=1S/C7H14O5S/c1-13-7-5(11)4(10)6(12-7)3(9)2-8/h3-11H,2H2,1H3/t3?,4-,5-,6-,7+/m1/s1. The van der Waals surface area contributed by atoms with Gasteiger partial charge in [0.15, 0.2) is 0 Å². The average molecular weight is 210 g/mol. The predicted octanol–water partition coefficient (Wildman–Crippen LogP) is -1.85. The number of hydrogen-bond donors (Lipinski definition) is 4. The van der Waals surface area contributed by atoms with E-state index in [-0.39, 0.29) is 0 Å². The van der Waals surface area contributed by atoms with Crippen molar-refractivity contribution in [1.29, 1.82) is 0 Å². The summed E-state index contributed by atoms with van der Waals surface area (Å²) in [5.41, 5.74) is -0.541. The Kier molecular flexibility index (Phi) is 3.96. The maximum absolute atomic E-state index is 9.40. The van der Waals surface area contributed by atoms with Crippen molar-refractivity contribution in [3.8, 4) is 0 Å². The molecular weight excluding hydrogens is 196 g/mol. The summed E-state index contributed by atoms with van der Waals surface area (Å²) in [6.07, 6.45) is -2.48. The quantitative estimate of drug-likeness (QED) is 0.437. The van der Waals surface area contributed by atoms with Crippen LogP contribution in [0.1, 0.15) is 0 Å². The van der Waals surface area contributed by atoms with Gasteiger partial charge in [-0.25, -0.2) is 0 Å². The first kappa shape index (κ1) is 11.2. The third-order valence-electron chi connectivity index (χ3n) is 2.06. The normalized spacial score (nSPS) is 42.2. The monoisotopic (exact) mass is 210 g/mol. The van der Waals surface area contributed by atoms with E-state index in [0.29, 0.717) is 0 Å². The van der Waals surface area contributed by atoms with Gasteiger partial charge in [0, 0.05) is 0 Å². The molecular formula is C7H14O5S. The maximum Gasteiger partial charge on any atom is 0.132 e. The van der Waals surface area contributed by atoms with Gasteiger partial charge in [0.25, 0.3) is 0 Å². The molecule has 1 aliphatic rings. The minimum Gasteiger partial charge on any atom is -0.394 e. The Balaban J connectivity index is 2.60. The summed E-state index contributed by atoms with van der Waals surface area (Å²) < 4.78 is 5.14. The van der Waals surface area contributed by atoms with E-state index in [1.54, 1.807) is 6.26 Å². The van der Waals surface area contributed by atoms with E-state index in [9.17, 15) is 15.3 Å². The van der Waals surface area contributed by atoms with Crippen LogP contribution in [0.25, 0.3) is 0 Å². The Morgan fingerprint density at radius 3 is 2.38 bits per heavy atom. The third-order valence-corrected chi connectivity index (χ3v) is 2.91. The van der Waals surface area contributed by atoms with Crippen LogP contribution in [0.4, 0.5) is 0 Å². The molecule has 0 aliphatic carbocycles. The van der Waals surface area contributed by atoms with Crippen molar-refractivity contribution in [2.24, 2.45) is 0 Å². The fraction of sp³-hybridized carbons (Fsp3) is 1.00. The van der Waals surface area contributed by atoms with E-state index in [2.05, 4.69) is 0 Å². The van der Waals surface area contributed by atoms with Crippen LogP contribution in [0.2, 0.25) is 0 Å². The van der Waals surface area contributed by atoms with Crippen molar-refractivity contribution < 1.29 is 25.2 Å². The smallest absolute Gasteiger partial charge is 0.132 e. The van der Waals surface area contributed by atoms with Crippen molar-refractivity contribution in [3.63, 3.8) is 0 Å². The second-order valence-electron chi connectivity index (χ2n) is 2.94. The summed E-state index contributed by atoms with van der Waals surface area (Å²) in [7, 11) is 0. The van der Waals surface area contributed by atoms with Crippen LogP contribution in [0.15, 0.2) is 0 Å². The zero-order valence-electron chi connectivity index (χ0n) is 7.20. The molecule has 0 aromatic carbocycles. The highest BCUT2D eigenvalue weighted by atomic mass is 32.2. The number of ether oxygens (including phenoxy) is 1. The highest BCUT2D eigenvalue weighted by Crippen LogP contribution is 2.29. The maximum atomic E-state index is 9.40. The molecule has 0 saturated carbocycles. The van der Waals surface area contributed by atoms with Crippen LogP contribution in [-0.4, -0.2) is 63.1 Å². The third kappa shape index (κ3) is 2.15. The number of thioether (sulfide) groups is 1. The second-order valence-corrected chi connectivity index (χ2v) is 3.87. The van der Waals surface area contributed by atoms with Crippen LogP contribution in [0.3, 0.4) is 0 Å².